The van der Waals surface area contributed by atoms with Crippen molar-refractivity contribution in [1.82, 2.24) is 8.87 Å². The number of carboxylic acid groups (broad SMARTS) is 1. The van der Waals surface area contributed by atoms with Gasteiger partial charge in [-0.3, -0.25) is 10.1 Å². The zero-order valence-corrected chi connectivity index (χ0v) is 22.2. The van der Waals surface area contributed by atoms with Gasteiger partial charge in [0.2, 0.25) is 5.91 Å². The van der Waals surface area contributed by atoms with Gasteiger partial charge in [0.25, 0.3) is 10.0 Å². The number of benzene rings is 3. The van der Waals surface area contributed by atoms with Crippen molar-refractivity contribution in [3.8, 4) is 11.1 Å². The maximum absolute atomic E-state index is 13.3. The Bertz CT molecular complexity index is 1640. The largest absolute Gasteiger partial charge is 0.465 e. The SMILES string of the molecule is CN(C)Cc1cccc(-c2cccc(S(=O)(=O)n3ccc(C=CC(=O)Nc4ccccc4NC(=O)O)c3)c2)c1. The summed E-state index contributed by atoms with van der Waals surface area (Å²) in [6.45, 7) is 0.773. The highest BCUT2D eigenvalue weighted by molar-refractivity contribution is 7.90. The van der Waals surface area contributed by atoms with E-state index in [-0.39, 0.29) is 10.6 Å². The summed E-state index contributed by atoms with van der Waals surface area (Å²) in [5, 5.41) is 13.8. The lowest BCUT2D eigenvalue weighted by molar-refractivity contribution is -0.111. The number of anilines is 2. The highest BCUT2D eigenvalue weighted by Crippen LogP contribution is 2.26. The normalized spacial score (nSPS) is 11.6. The molecule has 0 saturated heterocycles. The molecule has 0 aliphatic heterocycles. The molecule has 0 saturated carbocycles. The Labute approximate surface area is 227 Å². The number of carbonyl (C=O) groups excluding carboxylic acids is 1. The molecule has 0 unspecified atom stereocenters. The highest BCUT2D eigenvalue weighted by Gasteiger charge is 2.17. The first-order valence-electron chi connectivity index (χ1n) is 12.0. The number of hydrogen-bond acceptors (Lipinski definition) is 5. The van der Waals surface area contributed by atoms with Crippen LogP contribution in [0.4, 0.5) is 16.2 Å². The van der Waals surface area contributed by atoms with Gasteiger partial charge in [-0.15, -0.1) is 0 Å². The molecule has 200 valence electrons. The average molecular weight is 545 g/mol. The van der Waals surface area contributed by atoms with Crippen molar-refractivity contribution in [3.63, 3.8) is 0 Å². The van der Waals surface area contributed by atoms with Crippen LogP contribution in [0.2, 0.25) is 0 Å². The molecule has 10 heteroatoms. The zero-order chi connectivity index (χ0) is 28.0. The first kappa shape index (κ1) is 27.4. The van der Waals surface area contributed by atoms with E-state index in [0.29, 0.717) is 11.3 Å². The van der Waals surface area contributed by atoms with Gasteiger partial charge in [0.15, 0.2) is 0 Å². The number of hydrogen-bond donors (Lipinski definition) is 3. The van der Waals surface area contributed by atoms with Crippen molar-refractivity contribution in [1.29, 1.82) is 0 Å². The zero-order valence-electron chi connectivity index (χ0n) is 21.4. The van der Waals surface area contributed by atoms with E-state index in [0.717, 1.165) is 27.2 Å². The smallest absolute Gasteiger partial charge is 0.409 e. The first-order valence-corrected chi connectivity index (χ1v) is 13.4. The minimum absolute atomic E-state index is 0.143. The lowest BCUT2D eigenvalue weighted by Gasteiger charge is -2.12. The van der Waals surface area contributed by atoms with Crippen LogP contribution in [0.25, 0.3) is 17.2 Å². The highest BCUT2D eigenvalue weighted by atomic mass is 32.2. The average Bonchev–Trinajstić information content (AvgIpc) is 3.38. The summed E-state index contributed by atoms with van der Waals surface area (Å²) in [5.74, 6) is -0.505. The topological polar surface area (TPSA) is 121 Å². The summed E-state index contributed by atoms with van der Waals surface area (Å²) in [5.41, 5.74) is 3.86. The van der Waals surface area contributed by atoms with Gasteiger partial charge in [0, 0.05) is 25.0 Å². The summed E-state index contributed by atoms with van der Waals surface area (Å²) in [7, 11) is 0.112. The van der Waals surface area contributed by atoms with Crippen molar-refractivity contribution in [2.45, 2.75) is 11.4 Å². The third-order valence-corrected chi connectivity index (χ3v) is 7.34. The molecule has 0 aliphatic rings. The number of aromatic nitrogens is 1. The molecule has 39 heavy (non-hydrogen) atoms. The molecule has 0 radical (unpaired) electrons. The molecule has 1 heterocycles. The van der Waals surface area contributed by atoms with Crippen LogP contribution < -0.4 is 10.6 Å². The summed E-state index contributed by atoms with van der Waals surface area (Å²) >= 11 is 0. The fourth-order valence-corrected chi connectivity index (χ4v) is 5.23. The molecule has 0 spiro atoms. The third-order valence-electron chi connectivity index (χ3n) is 5.71. The number of amides is 2. The van der Waals surface area contributed by atoms with Crippen LogP contribution in [0, 0.1) is 0 Å². The maximum atomic E-state index is 13.3. The maximum Gasteiger partial charge on any atom is 0.409 e. The Morgan fingerprint density at radius 2 is 1.56 bits per heavy atom. The molecule has 3 aromatic carbocycles. The summed E-state index contributed by atoms with van der Waals surface area (Å²) in [6, 6.07) is 22.7. The van der Waals surface area contributed by atoms with Crippen LogP contribution in [-0.4, -0.2) is 48.5 Å². The van der Waals surface area contributed by atoms with Gasteiger partial charge in [-0.05, 0) is 78.8 Å². The van der Waals surface area contributed by atoms with Crippen LogP contribution in [0.1, 0.15) is 11.1 Å². The standard InChI is InChI=1S/C29H28N4O5S/c1-32(2)19-22-7-5-8-23(17-22)24-9-6-10-25(18-24)39(37,38)33-16-15-21(20-33)13-14-28(34)30-26-11-3-4-12-27(26)31-29(35)36/h3-18,20,31H,19H2,1-2H3,(H,30,34)(H,35,36). The second-order valence-corrected chi connectivity index (χ2v) is 10.9. The van der Waals surface area contributed by atoms with E-state index in [2.05, 4.69) is 15.5 Å². The van der Waals surface area contributed by atoms with Crippen molar-refractivity contribution >= 4 is 39.5 Å². The lowest BCUT2D eigenvalue weighted by Crippen LogP contribution is -2.13. The Balaban J connectivity index is 1.50. The molecular formula is C29H28N4O5S. The van der Waals surface area contributed by atoms with Gasteiger partial charge in [-0.1, -0.05) is 42.5 Å². The Hall–Kier alpha value is -4.67. The Morgan fingerprint density at radius 1 is 0.897 bits per heavy atom. The number of carbonyl (C=O) groups is 2. The molecule has 9 nitrogen and oxygen atoms in total. The third kappa shape index (κ3) is 7.01. The molecule has 0 atom stereocenters. The first-order chi connectivity index (χ1) is 18.6. The van der Waals surface area contributed by atoms with Crippen LogP contribution in [0.3, 0.4) is 0 Å². The van der Waals surface area contributed by atoms with Gasteiger partial charge >= 0.3 is 6.09 Å². The van der Waals surface area contributed by atoms with E-state index in [9.17, 15) is 18.0 Å². The van der Waals surface area contributed by atoms with Crippen LogP contribution in [0.15, 0.2) is 102 Å². The Morgan fingerprint density at radius 3 is 2.26 bits per heavy atom. The van der Waals surface area contributed by atoms with E-state index in [1.165, 1.54) is 30.6 Å². The molecule has 4 aromatic rings. The van der Waals surface area contributed by atoms with Crippen LogP contribution in [0.5, 0.6) is 0 Å². The molecule has 2 amide bonds. The molecule has 0 aliphatic carbocycles. The predicted octanol–water partition coefficient (Wildman–Crippen LogP) is 5.20. The van der Waals surface area contributed by atoms with Gasteiger partial charge in [0.05, 0.1) is 16.3 Å². The van der Waals surface area contributed by atoms with Crippen LogP contribution in [-0.2, 0) is 21.4 Å². The van der Waals surface area contributed by atoms with E-state index in [4.69, 9.17) is 5.11 Å². The second kappa shape index (κ2) is 11.8. The molecule has 4 rings (SSSR count). The van der Waals surface area contributed by atoms with Crippen molar-refractivity contribution in [2.24, 2.45) is 0 Å². The minimum Gasteiger partial charge on any atom is -0.465 e. The summed E-state index contributed by atoms with van der Waals surface area (Å²) in [6.07, 6.45) is 4.30. The molecule has 1 aromatic heterocycles. The van der Waals surface area contributed by atoms with E-state index in [1.807, 2.05) is 44.4 Å². The van der Waals surface area contributed by atoms with E-state index >= 15 is 0 Å². The summed E-state index contributed by atoms with van der Waals surface area (Å²) in [4.78, 5) is 25.6. The fourth-order valence-electron chi connectivity index (χ4n) is 3.98. The molecule has 0 fully saturated rings. The lowest BCUT2D eigenvalue weighted by atomic mass is 10.0. The number of rotatable bonds is 9. The number of nitrogens with zero attached hydrogens (tertiary/aromatic N) is 2. The fraction of sp³-hybridized carbons (Fsp3) is 0.103. The molecular weight excluding hydrogens is 516 g/mol. The van der Waals surface area contributed by atoms with Crippen molar-refractivity contribution in [3.05, 3.63) is 108 Å². The van der Waals surface area contributed by atoms with E-state index in [1.54, 1.807) is 42.5 Å². The van der Waals surface area contributed by atoms with Gasteiger partial charge in [-0.2, -0.15) is 0 Å². The quantitative estimate of drug-likeness (QED) is 0.249. The van der Waals surface area contributed by atoms with Crippen molar-refractivity contribution < 1.29 is 23.1 Å². The summed E-state index contributed by atoms with van der Waals surface area (Å²) < 4.78 is 27.8. The van der Waals surface area contributed by atoms with Crippen molar-refractivity contribution in [2.75, 3.05) is 24.7 Å². The number of nitrogens with one attached hydrogen (secondary N) is 2. The predicted molar refractivity (Wildman–Crippen MR) is 152 cm³/mol. The second-order valence-electron chi connectivity index (χ2n) is 9.04. The monoisotopic (exact) mass is 544 g/mol. The van der Waals surface area contributed by atoms with Crippen LogP contribution >= 0.6 is 0 Å². The van der Waals surface area contributed by atoms with Gasteiger partial charge in [-0.25, -0.2) is 17.2 Å². The minimum atomic E-state index is -3.87. The number of para-hydroxylation sites is 2. The molecule has 3 N–H and O–H groups in total. The molecule has 0 bridgehead atoms. The Kier molecular flexibility index (Phi) is 8.28. The van der Waals surface area contributed by atoms with Gasteiger partial charge in [0.1, 0.15) is 0 Å². The van der Waals surface area contributed by atoms with Gasteiger partial charge < -0.3 is 15.3 Å². The van der Waals surface area contributed by atoms with E-state index < -0.39 is 22.0 Å².